The fourth-order valence-corrected chi connectivity index (χ4v) is 3.53. The summed E-state index contributed by atoms with van der Waals surface area (Å²) in [7, 11) is 1.63. The predicted molar refractivity (Wildman–Crippen MR) is 97.9 cm³/mol. The quantitative estimate of drug-likeness (QED) is 0.848. The van der Waals surface area contributed by atoms with Gasteiger partial charge in [0.2, 0.25) is 5.91 Å². The maximum Gasteiger partial charge on any atom is 0.229 e. The molecule has 5 nitrogen and oxygen atoms in total. The second-order valence-corrected chi connectivity index (χ2v) is 6.91. The van der Waals surface area contributed by atoms with Crippen molar-refractivity contribution in [1.82, 2.24) is 4.90 Å². The second kappa shape index (κ2) is 6.90. The summed E-state index contributed by atoms with van der Waals surface area (Å²) in [5, 5.41) is 0. The van der Waals surface area contributed by atoms with E-state index < -0.39 is 0 Å². The number of carbonyl (C=O) groups is 1. The van der Waals surface area contributed by atoms with Crippen LogP contribution in [-0.2, 0) is 11.2 Å². The minimum Gasteiger partial charge on any atom is -0.493 e. The number of methoxy groups -OCH3 is 1. The summed E-state index contributed by atoms with van der Waals surface area (Å²) in [6.45, 7) is 3.69. The van der Waals surface area contributed by atoms with Crippen LogP contribution in [0, 0.1) is 12.8 Å². The van der Waals surface area contributed by atoms with E-state index >= 15 is 0 Å². The molecule has 0 saturated carbocycles. The maximum absolute atomic E-state index is 12.8. The van der Waals surface area contributed by atoms with Crippen LogP contribution >= 0.6 is 0 Å². The van der Waals surface area contributed by atoms with Crippen LogP contribution in [0.5, 0.6) is 17.2 Å². The topological polar surface area (TPSA) is 48.0 Å². The van der Waals surface area contributed by atoms with Crippen LogP contribution in [-0.4, -0.2) is 43.7 Å². The molecule has 0 radical (unpaired) electrons. The van der Waals surface area contributed by atoms with Crippen LogP contribution in [0.3, 0.4) is 0 Å². The lowest BCUT2D eigenvalue weighted by atomic mass is 9.94. The summed E-state index contributed by atoms with van der Waals surface area (Å²) in [4.78, 5) is 14.6. The van der Waals surface area contributed by atoms with Crippen LogP contribution < -0.4 is 14.2 Å². The Kier molecular flexibility index (Phi) is 4.45. The smallest absolute Gasteiger partial charge is 0.229 e. The van der Waals surface area contributed by atoms with Crippen LogP contribution in [0.4, 0.5) is 0 Å². The Labute approximate surface area is 153 Å². The molecule has 2 aromatic carbocycles. The summed E-state index contributed by atoms with van der Waals surface area (Å²) in [6, 6.07) is 13.8. The second-order valence-electron chi connectivity index (χ2n) is 6.91. The first-order valence-electron chi connectivity index (χ1n) is 8.95. The van der Waals surface area contributed by atoms with Crippen molar-refractivity contribution in [2.45, 2.75) is 19.4 Å². The van der Waals surface area contributed by atoms with Gasteiger partial charge in [-0.2, -0.15) is 0 Å². The van der Waals surface area contributed by atoms with Gasteiger partial charge in [-0.25, -0.2) is 0 Å². The molecule has 1 saturated heterocycles. The molecule has 0 unspecified atom stereocenters. The third-order valence-corrected chi connectivity index (χ3v) is 5.07. The summed E-state index contributed by atoms with van der Waals surface area (Å²) in [6.07, 6.45) is 0.752. The number of benzene rings is 2. The number of ether oxygens (including phenoxy) is 3. The molecule has 0 spiro atoms. The van der Waals surface area contributed by atoms with Crippen LogP contribution in [0.25, 0.3) is 0 Å². The minimum absolute atomic E-state index is 0.0666. The van der Waals surface area contributed by atoms with Crippen LogP contribution in [0.15, 0.2) is 42.5 Å². The number of hydrogen-bond donors (Lipinski definition) is 0. The lowest BCUT2D eigenvalue weighted by molar-refractivity contribution is -0.145. The van der Waals surface area contributed by atoms with Gasteiger partial charge < -0.3 is 19.1 Å². The zero-order chi connectivity index (χ0) is 18.1. The third-order valence-electron chi connectivity index (χ3n) is 5.07. The normalized spacial score (nSPS) is 19.2. The molecule has 1 fully saturated rings. The fourth-order valence-electron chi connectivity index (χ4n) is 3.53. The molecule has 2 heterocycles. The fraction of sp³-hybridized carbons (Fsp3) is 0.381. The van der Waals surface area contributed by atoms with E-state index in [2.05, 4.69) is 0 Å². The summed E-state index contributed by atoms with van der Waals surface area (Å²) >= 11 is 0. The molecule has 136 valence electrons. The number of carbonyl (C=O) groups excluding carboxylic acids is 1. The number of amides is 1. The van der Waals surface area contributed by atoms with E-state index in [0.29, 0.717) is 26.1 Å². The molecule has 1 amide bonds. The van der Waals surface area contributed by atoms with E-state index in [1.165, 1.54) is 0 Å². The Morgan fingerprint density at radius 3 is 2.65 bits per heavy atom. The standard InChI is InChI=1S/C21H23NO4/c1-14-6-3-4-8-18(14)26-17-11-22(12-17)21(23)16-10-15-7-5-9-19(24-2)20(15)25-13-16/h3-9,16-17H,10-13H2,1-2H3/t16-/m0/s1. The molecule has 5 heteroatoms. The monoisotopic (exact) mass is 353 g/mol. The van der Waals surface area contributed by atoms with Gasteiger partial charge in [0, 0.05) is 0 Å². The van der Waals surface area contributed by atoms with E-state index in [9.17, 15) is 4.79 Å². The Morgan fingerprint density at radius 1 is 1.12 bits per heavy atom. The van der Waals surface area contributed by atoms with Gasteiger partial charge in [-0.05, 0) is 36.6 Å². The number of para-hydroxylation sites is 2. The molecule has 0 aliphatic carbocycles. The maximum atomic E-state index is 12.8. The SMILES string of the molecule is COc1cccc2c1OC[C@@H](C(=O)N1CC(Oc3ccccc3C)C1)C2. The van der Waals surface area contributed by atoms with Gasteiger partial charge in [-0.1, -0.05) is 30.3 Å². The first kappa shape index (κ1) is 16.8. The van der Waals surface area contributed by atoms with Gasteiger partial charge in [-0.3, -0.25) is 4.79 Å². The first-order chi connectivity index (χ1) is 12.7. The van der Waals surface area contributed by atoms with E-state index in [-0.39, 0.29) is 17.9 Å². The number of hydrogen-bond acceptors (Lipinski definition) is 4. The third kappa shape index (κ3) is 3.09. The molecule has 26 heavy (non-hydrogen) atoms. The largest absolute Gasteiger partial charge is 0.493 e. The van der Waals surface area contributed by atoms with Gasteiger partial charge in [0.15, 0.2) is 11.5 Å². The number of nitrogens with zero attached hydrogens (tertiary/aromatic N) is 1. The molecule has 2 aliphatic rings. The average molecular weight is 353 g/mol. The molecule has 0 bridgehead atoms. The van der Waals surface area contributed by atoms with Gasteiger partial charge in [-0.15, -0.1) is 0 Å². The Balaban J connectivity index is 1.34. The highest BCUT2D eigenvalue weighted by Gasteiger charge is 2.38. The molecule has 1 atom stereocenters. The average Bonchev–Trinajstić information content (AvgIpc) is 2.64. The minimum atomic E-state index is -0.144. The van der Waals surface area contributed by atoms with Crippen LogP contribution in [0.2, 0.25) is 0 Å². The summed E-state index contributed by atoms with van der Waals surface area (Å²) in [5.74, 6) is 2.39. The highest BCUT2D eigenvalue weighted by molar-refractivity contribution is 5.80. The molecule has 4 rings (SSSR count). The van der Waals surface area contributed by atoms with Crippen molar-refractivity contribution in [1.29, 1.82) is 0 Å². The van der Waals surface area contributed by atoms with Crippen molar-refractivity contribution < 1.29 is 19.0 Å². The van der Waals surface area contributed by atoms with Gasteiger partial charge in [0.25, 0.3) is 0 Å². The van der Waals surface area contributed by atoms with E-state index in [4.69, 9.17) is 14.2 Å². The highest BCUT2D eigenvalue weighted by Crippen LogP contribution is 2.36. The van der Waals surface area contributed by atoms with E-state index in [1.807, 2.05) is 54.3 Å². The molecule has 2 aliphatic heterocycles. The molecule has 0 N–H and O–H groups in total. The van der Waals surface area contributed by atoms with Crippen molar-refractivity contribution in [2.24, 2.45) is 5.92 Å². The van der Waals surface area contributed by atoms with Gasteiger partial charge in [0.05, 0.1) is 26.1 Å². The number of likely N-dealkylation sites (tertiary alicyclic amines) is 1. The zero-order valence-electron chi connectivity index (χ0n) is 15.1. The number of rotatable bonds is 4. The molecular formula is C21H23NO4. The number of fused-ring (bicyclic) bond motifs is 1. The lowest BCUT2D eigenvalue weighted by Gasteiger charge is -2.41. The van der Waals surface area contributed by atoms with Crippen LogP contribution in [0.1, 0.15) is 11.1 Å². The Morgan fingerprint density at radius 2 is 1.88 bits per heavy atom. The Bertz CT molecular complexity index is 813. The summed E-state index contributed by atoms with van der Waals surface area (Å²) in [5.41, 5.74) is 2.14. The van der Waals surface area contributed by atoms with Crippen molar-refractivity contribution in [3.05, 3.63) is 53.6 Å². The lowest BCUT2D eigenvalue weighted by Crippen LogP contribution is -2.58. The van der Waals surface area contributed by atoms with E-state index in [0.717, 1.165) is 28.4 Å². The zero-order valence-corrected chi connectivity index (χ0v) is 15.1. The van der Waals surface area contributed by atoms with Crippen molar-refractivity contribution >= 4 is 5.91 Å². The number of aryl methyl sites for hydroxylation is 1. The summed E-state index contributed by atoms with van der Waals surface area (Å²) < 4.78 is 17.2. The van der Waals surface area contributed by atoms with Crippen molar-refractivity contribution in [3.8, 4) is 17.2 Å². The molecular weight excluding hydrogens is 330 g/mol. The van der Waals surface area contributed by atoms with Gasteiger partial charge in [0.1, 0.15) is 18.5 Å². The highest BCUT2D eigenvalue weighted by atomic mass is 16.5. The van der Waals surface area contributed by atoms with Gasteiger partial charge >= 0.3 is 0 Å². The first-order valence-corrected chi connectivity index (χ1v) is 8.95. The van der Waals surface area contributed by atoms with Crippen molar-refractivity contribution in [2.75, 3.05) is 26.8 Å². The van der Waals surface area contributed by atoms with E-state index in [1.54, 1.807) is 7.11 Å². The molecule has 2 aromatic rings. The molecule has 0 aromatic heterocycles. The van der Waals surface area contributed by atoms with Crippen molar-refractivity contribution in [3.63, 3.8) is 0 Å². The Hall–Kier alpha value is -2.69. The predicted octanol–water partition coefficient (Wildman–Crippen LogP) is 2.84.